The van der Waals surface area contributed by atoms with Gasteiger partial charge in [-0.25, -0.2) is 4.39 Å². The number of ether oxygens (including phenoxy) is 1. The van der Waals surface area contributed by atoms with E-state index in [9.17, 15) is 14.3 Å². The molecule has 0 heterocycles. The normalized spacial score (nSPS) is 12.4. The molecule has 0 bridgehead atoms. The Bertz CT molecular complexity index is 711. The molecular weight excluding hydrogens is 485 g/mol. The number of benzene rings is 1. The van der Waals surface area contributed by atoms with Crippen LogP contribution in [0.1, 0.15) is 74.6 Å². The summed E-state index contributed by atoms with van der Waals surface area (Å²) in [6.45, 7) is 5.49. The average molecular weight is 527 g/mol. The first-order chi connectivity index (χ1) is 16.0. The summed E-state index contributed by atoms with van der Waals surface area (Å²) in [6, 6.07) is 4.23. The molecular formula is C27H41BrFNO3. The van der Waals surface area contributed by atoms with Crippen LogP contribution >= 0.6 is 15.9 Å². The molecule has 6 heteroatoms. The largest absolute Gasteiger partial charge is 0.486 e. The van der Waals surface area contributed by atoms with Gasteiger partial charge >= 0.3 is 0 Å². The first-order valence-electron chi connectivity index (χ1n) is 12.1. The van der Waals surface area contributed by atoms with Crippen LogP contribution in [-0.4, -0.2) is 54.0 Å². The topological polar surface area (TPSA) is 49.8 Å². The van der Waals surface area contributed by atoms with Gasteiger partial charge in [0.15, 0.2) is 17.3 Å². The molecule has 0 saturated carbocycles. The number of aliphatic hydroxyl groups excluding tert-OH is 1. The van der Waals surface area contributed by atoms with E-state index < -0.39 is 11.9 Å². The van der Waals surface area contributed by atoms with Gasteiger partial charge in [0.2, 0.25) is 0 Å². The summed E-state index contributed by atoms with van der Waals surface area (Å²) in [6.07, 6.45) is 15.0. The SMILES string of the molecule is C=CCN(C)C/C=C/COc1ccc(C(=O)CC(O)CCCCCCCCCCBr)cc1F. The molecule has 0 spiro atoms. The molecule has 0 aromatic heterocycles. The van der Waals surface area contributed by atoms with E-state index in [0.29, 0.717) is 6.42 Å². The van der Waals surface area contributed by atoms with Crippen LogP contribution in [0.4, 0.5) is 4.39 Å². The number of alkyl halides is 1. The lowest BCUT2D eigenvalue weighted by Gasteiger charge is -2.11. The van der Waals surface area contributed by atoms with E-state index in [1.807, 2.05) is 25.3 Å². The zero-order valence-electron chi connectivity index (χ0n) is 20.1. The van der Waals surface area contributed by atoms with E-state index >= 15 is 0 Å². The lowest BCUT2D eigenvalue weighted by molar-refractivity contribution is 0.0863. The van der Waals surface area contributed by atoms with Gasteiger partial charge in [-0.1, -0.05) is 79.1 Å². The fraction of sp³-hybridized carbons (Fsp3) is 0.593. The fourth-order valence-electron chi connectivity index (χ4n) is 3.52. The zero-order valence-corrected chi connectivity index (χ0v) is 21.7. The Hall–Kier alpha value is -1.50. The van der Waals surface area contributed by atoms with Gasteiger partial charge in [0.1, 0.15) is 6.61 Å². The van der Waals surface area contributed by atoms with E-state index in [4.69, 9.17) is 4.74 Å². The molecule has 0 aliphatic rings. The number of carbonyl (C=O) groups is 1. The van der Waals surface area contributed by atoms with Crippen molar-refractivity contribution in [3.63, 3.8) is 0 Å². The van der Waals surface area contributed by atoms with Crippen molar-refractivity contribution in [2.45, 2.75) is 70.3 Å². The molecule has 0 radical (unpaired) electrons. The number of aliphatic hydroxyl groups is 1. The molecule has 1 rings (SSSR count). The predicted molar refractivity (Wildman–Crippen MR) is 139 cm³/mol. The van der Waals surface area contributed by atoms with Crippen LogP contribution in [0.2, 0.25) is 0 Å². The molecule has 1 aromatic rings. The second-order valence-corrected chi connectivity index (χ2v) is 9.32. The molecule has 0 aliphatic carbocycles. The number of hydrogen-bond acceptors (Lipinski definition) is 4. The number of carbonyl (C=O) groups excluding carboxylic acids is 1. The summed E-state index contributed by atoms with van der Waals surface area (Å²) >= 11 is 3.45. The summed E-state index contributed by atoms with van der Waals surface area (Å²) in [5.41, 5.74) is 0.268. The van der Waals surface area contributed by atoms with Crippen LogP contribution in [0, 0.1) is 5.82 Å². The van der Waals surface area contributed by atoms with Gasteiger partial charge in [0.05, 0.1) is 6.10 Å². The first-order valence-corrected chi connectivity index (χ1v) is 13.2. The molecule has 1 unspecified atom stereocenters. The zero-order chi connectivity index (χ0) is 24.3. The van der Waals surface area contributed by atoms with Gasteiger partial charge in [0.25, 0.3) is 0 Å². The number of likely N-dealkylation sites (N-methyl/N-ethyl adjacent to an activating group) is 1. The number of rotatable bonds is 20. The van der Waals surface area contributed by atoms with Crippen LogP contribution in [0.3, 0.4) is 0 Å². The predicted octanol–water partition coefficient (Wildman–Crippen LogP) is 6.72. The minimum absolute atomic E-state index is 0.0210. The number of unbranched alkanes of at least 4 members (excludes halogenated alkanes) is 7. The van der Waals surface area contributed by atoms with Crippen LogP contribution in [0.25, 0.3) is 0 Å². The Morgan fingerprint density at radius 1 is 1.12 bits per heavy atom. The van der Waals surface area contributed by atoms with Crippen LogP contribution < -0.4 is 4.74 Å². The van der Waals surface area contributed by atoms with Crippen molar-refractivity contribution >= 4 is 21.7 Å². The van der Waals surface area contributed by atoms with Gasteiger partial charge in [-0.2, -0.15) is 0 Å². The van der Waals surface area contributed by atoms with E-state index in [1.54, 1.807) is 6.07 Å². The van der Waals surface area contributed by atoms with E-state index in [1.165, 1.54) is 50.7 Å². The number of Topliss-reactive ketones (excluding diaryl/α,β-unsaturated/α-hetero) is 1. The smallest absolute Gasteiger partial charge is 0.165 e. The van der Waals surface area contributed by atoms with E-state index in [-0.39, 0.29) is 30.1 Å². The van der Waals surface area contributed by atoms with Crippen molar-refractivity contribution in [2.24, 2.45) is 0 Å². The van der Waals surface area contributed by atoms with Crippen molar-refractivity contribution < 1.29 is 19.0 Å². The van der Waals surface area contributed by atoms with E-state index in [0.717, 1.165) is 31.3 Å². The Balaban J connectivity index is 2.28. The third-order valence-corrected chi connectivity index (χ3v) is 6.02. The lowest BCUT2D eigenvalue weighted by atomic mass is 10.0. The summed E-state index contributed by atoms with van der Waals surface area (Å²) in [4.78, 5) is 14.5. The minimum Gasteiger partial charge on any atom is -0.486 e. The van der Waals surface area contributed by atoms with Crippen molar-refractivity contribution in [1.29, 1.82) is 0 Å². The summed E-state index contributed by atoms with van der Waals surface area (Å²) < 4.78 is 19.8. The highest BCUT2D eigenvalue weighted by molar-refractivity contribution is 9.09. The maximum atomic E-state index is 14.3. The Kier molecular flexibility index (Phi) is 16.9. The standard InChI is InChI=1S/C27H41BrFNO3/c1-3-18-30(2)19-12-13-20-33-27-16-15-23(21-25(27)29)26(32)22-24(31)14-10-8-6-4-5-7-9-11-17-28/h3,12-13,15-16,21,24,31H,1,4-11,14,17-20,22H2,2H3/b13-12+. The summed E-state index contributed by atoms with van der Waals surface area (Å²) in [5, 5.41) is 11.3. The molecule has 0 aliphatic heterocycles. The highest BCUT2D eigenvalue weighted by atomic mass is 79.9. The maximum Gasteiger partial charge on any atom is 0.165 e. The van der Waals surface area contributed by atoms with Gasteiger partial charge < -0.3 is 9.84 Å². The Morgan fingerprint density at radius 2 is 1.79 bits per heavy atom. The van der Waals surface area contributed by atoms with Gasteiger partial charge in [-0.05, 0) is 38.1 Å². The monoisotopic (exact) mass is 525 g/mol. The summed E-state index contributed by atoms with van der Waals surface area (Å²) in [7, 11) is 1.98. The Morgan fingerprint density at radius 3 is 2.42 bits per heavy atom. The summed E-state index contributed by atoms with van der Waals surface area (Å²) in [5.74, 6) is -0.697. The highest BCUT2D eigenvalue weighted by Gasteiger charge is 2.15. The molecule has 186 valence electrons. The van der Waals surface area contributed by atoms with Gasteiger partial charge in [-0.15, -0.1) is 6.58 Å². The lowest BCUT2D eigenvalue weighted by Crippen LogP contribution is -2.17. The molecule has 0 fully saturated rings. The first kappa shape index (κ1) is 29.5. The number of halogens is 2. The highest BCUT2D eigenvalue weighted by Crippen LogP contribution is 2.20. The van der Waals surface area contributed by atoms with Crippen LogP contribution in [-0.2, 0) is 0 Å². The molecule has 4 nitrogen and oxygen atoms in total. The third-order valence-electron chi connectivity index (χ3n) is 5.46. The molecule has 1 aromatic carbocycles. The number of hydrogen-bond donors (Lipinski definition) is 1. The molecule has 1 N–H and O–H groups in total. The molecule has 33 heavy (non-hydrogen) atoms. The van der Waals surface area contributed by atoms with Gasteiger partial charge in [-0.3, -0.25) is 9.69 Å². The average Bonchev–Trinajstić information content (AvgIpc) is 2.78. The number of nitrogens with zero attached hydrogens (tertiary/aromatic N) is 1. The van der Waals surface area contributed by atoms with Crippen molar-refractivity contribution in [2.75, 3.05) is 32.1 Å². The number of ketones is 1. The molecule has 0 amide bonds. The Labute approximate surface area is 208 Å². The van der Waals surface area contributed by atoms with Crippen LogP contribution in [0.5, 0.6) is 5.75 Å². The maximum absolute atomic E-state index is 14.3. The van der Waals surface area contributed by atoms with Gasteiger partial charge in [0, 0.05) is 30.4 Å². The molecule has 0 saturated heterocycles. The third kappa shape index (κ3) is 14.4. The van der Waals surface area contributed by atoms with Crippen LogP contribution in [0.15, 0.2) is 43.0 Å². The van der Waals surface area contributed by atoms with Crippen molar-refractivity contribution in [1.82, 2.24) is 4.90 Å². The molecule has 1 atom stereocenters. The second-order valence-electron chi connectivity index (χ2n) is 8.52. The quantitative estimate of drug-likeness (QED) is 0.0887. The van der Waals surface area contributed by atoms with Crippen molar-refractivity contribution in [3.8, 4) is 5.75 Å². The van der Waals surface area contributed by atoms with E-state index in [2.05, 4.69) is 27.4 Å². The fourth-order valence-corrected chi connectivity index (χ4v) is 3.91. The minimum atomic E-state index is -0.681. The second kappa shape index (κ2) is 18.9. The van der Waals surface area contributed by atoms with Crippen molar-refractivity contribution in [3.05, 3.63) is 54.4 Å².